The van der Waals surface area contributed by atoms with E-state index in [1.54, 1.807) is 4.90 Å². The van der Waals surface area contributed by atoms with Crippen molar-refractivity contribution in [2.45, 2.75) is 36.7 Å². The van der Waals surface area contributed by atoms with Gasteiger partial charge >= 0.3 is 0 Å². The van der Waals surface area contributed by atoms with E-state index in [1.807, 2.05) is 68.4 Å². The van der Waals surface area contributed by atoms with Gasteiger partial charge in [0.25, 0.3) is 0 Å². The van der Waals surface area contributed by atoms with Gasteiger partial charge in [-0.05, 0) is 68.1 Å². The van der Waals surface area contributed by atoms with E-state index in [0.29, 0.717) is 29.7 Å². The molecule has 0 saturated heterocycles. The maximum atomic E-state index is 12.7. The molecule has 1 aliphatic rings. The number of anilines is 2. The number of carbonyl (C=O) groups excluding carboxylic acids is 2. The number of hydrogen-bond donors (Lipinski definition) is 1. The van der Waals surface area contributed by atoms with Gasteiger partial charge in [-0.25, -0.2) is 9.97 Å². The van der Waals surface area contributed by atoms with Gasteiger partial charge in [-0.3, -0.25) is 9.59 Å². The third-order valence-electron chi connectivity index (χ3n) is 4.90. The quantitative estimate of drug-likeness (QED) is 0.563. The summed E-state index contributed by atoms with van der Waals surface area (Å²) in [5.74, 6) is 0.412. The van der Waals surface area contributed by atoms with Gasteiger partial charge in [-0.2, -0.15) is 0 Å². The summed E-state index contributed by atoms with van der Waals surface area (Å²) in [5.41, 5.74) is 3.30. The second-order valence-electron chi connectivity index (χ2n) is 7.47. The topological polar surface area (TPSA) is 84.4 Å². The zero-order valence-corrected chi connectivity index (χ0v) is 18.8. The third kappa shape index (κ3) is 5.45. The SMILES string of the molecule is Cc1cc(C)nc(Sc2ccc(NC(=O)CCC(=O)N3CCOc4ccccc43)cc2)n1. The molecule has 1 aromatic heterocycles. The first kappa shape index (κ1) is 21.8. The average Bonchev–Trinajstić information content (AvgIpc) is 2.78. The van der Waals surface area contributed by atoms with E-state index in [1.165, 1.54) is 11.8 Å². The Labute approximate surface area is 191 Å². The van der Waals surface area contributed by atoms with Crippen LogP contribution in [0.4, 0.5) is 11.4 Å². The number of para-hydroxylation sites is 2. The van der Waals surface area contributed by atoms with E-state index >= 15 is 0 Å². The van der Waals surface area contributed by atoms with Crippen molar-refractivity contribution in [3.05, 3.63) is 66.0 Å². The van der Waals surface area contributed by atoms with Crippen molar-refractivity contribution >= 4 is 35.0 Å². The van der Waals surface area contributed by atoms with Crippen LogP contribution in [-0.2, 0) is 9.59 Å². The maximum absolute atomic E-state index is 12.7. The molecule has 8 heteroatoms. The highest BCUT2D eigenvalue weighted by Gasteiger charge is 2.23. The van der Waals surface area contributed by atoms with Gasteiger partial charge in [0.15, 0.2) is 5.16 Å². The number of benzene rings is 2. The summed E-state index contributed by atoms with van der Waals surface area (Å²) in [7, 11) is 0. The number of aromatic nitrogens is 2. The van der Waals surface area contributed by atoms with Gasteiger partial charge in [0, 0.05) is 34.8 Å². The maximum Gasteiger partial charge on any atom is 0.227 e. The molecular weight excluding hydrogens is 424 g/mol. The van der Waals surface area contributed by atoms with Crippen LogP contribution in [0.3, 0.4) is 0 Å². The number of rotatable bonds is 6. The first-order chi connectivity index (χ1) is 15.5. The Morgan fingerprint density at radius 3 is 2.50 bits per heavy atom. The second-order valence-corrected chi connectivity index (χ2v) is 8.51. The highest BCUT2D eigenvalue weighted by molar-refractivity contribution is 7.99. The molecule has 164 valence electrons. The number of nitrogens with one attached hydrogen (secondary N) is 1. The molecule has 3 aromatic rings. The summed E-state index contributed by atoms with van der Waals surface area (Å²) in [6.07, 6.45) is 0.253. The minimum absolute atomic E-state index is 0.0869. The van der Waals surface area contributed by atoms with E-state index in [9.17, 15) is 9.59 Å². The van der Waals surface area contributed by atoms with Crippen molar-refractivity contribution in [2.75, 3.05) is 23.4 Å². The molecule has 0 atom stereocenters. The van der Waals surface area contributed by atoms with E-state index in [0.717, 1.165) is 22.0 Å². The van der Waals surface area contributed by atoms with E-state index in [4.69, 9.17) is 4.74 Å². The van der Waals surface area contributed by atoms with Gasteiger partial charge in [0.1, 0.15) is 12.4 Å². The molecule has 2 aromatic carbocycles. The van der Waals surface area contributed by atoms with E-state index in [-0.39, 0.29) is 24.7 Å². The summed E-state index contributed by atoms with van der Waals surface area (Å²) in [6.45, 7) is 4.83. The van der Waals surface area contributed by atoms with Gasteiger partial charge in [0.05, 0.1) is 12.2 Å². The smallest absolute Gasteiger partial charge is 0.227 e. The summed E-state index contributed by atoms with van der Waals surface area (Å²) >= 11 is 1.47. The van der Waals surface area contributed by atoms with Gasteiger partial charge in [-0.15, -0.1) is 0 Å². The molecule has 4 rings (SSSR count). The van der Waals surface area contributed by atoms with Crippen molar-refractivity contribution in [1.29, 1.82) is 0 Å². The Morgan fingerprint density at radius 2 is 1.75 bits per heavy atom. The predicted octanol–water partition coefficient (Wildman–Crippen LogP) is 4.39. The van der Waals surface area contributed by atoms with Crippen LogP contribution in [0, 0.1) is 13.8 Å². The van der Waals surface area contributed by atoms with Crippen molar-refractivity contribution in [1.82, 2.24) is 9.97 Å². The number of hydrogen-bond acceptors (Lipinski definition) is 6. The van der Waals surface area contributed by atoms with Crippen LogP contribution < -0.4 is 15.0 Å². The minimum Gasteiger partial charge on any atom is -0.490 e. The molecule has 1 aliphatic heterocycles. The van der Waals surface area contributed by atoms with Crippen molar-refractivity contribution in [2.24, 2.45) is 0 Å². The third-order valence-corrected chi connectivity index (χ3v) is 5.78. The molecule has 2 amide bonds. The van der Waals surface area contributed by atoms with Crippen LogP contribution in [-0.4, -0.2) is 34.9 Å². The first-order valence-electron chi connectivity index (χ1n) is 10.4. The molecule has 7 nitrogen and oxygen atoms in total. The van der Waals surface area contributed by atoms with E-state index < -0.39 is 0 Å². The summed E-state index contributed by atoms with van der Waals surface area (Å²) in [6, 6.07) is 16.9. The molecular formula is C24H24N4O3S. The predicted molar refractivity (Wildman–Crippen MR) is 124 cm³/mol. The zero-order valence-electron chi connectivity index (χ0n) is 18.0. The summed E-state index contributed by atoms with van der Waals surface area (Å²) in [4.78, 5) is 36.6. The van der Waals surface area contributed by atoms with Crippen LogP contribution in [0.2, 0.25) is 0 Å². The zero-order chi connectivity index (χ0) is 22.5. The van der Waals surface area contributed by atoms with Crippen molar-refractivity contribution in [3.8, 4) is 5.75 Å². The number of aryl methyl sites for hydroxylation is 2. The lowest BCUT2D eigenvalue weighted by molar-refractivity contribution is -0.122. The fourth-order valence-corrected chi connectivity index (χ4v) is 4.32. The van der Waals surface area contributed by atoms with Crippen LogP contribution in [0.25, 0.3) is 0 Å². The Bertz CT molecular complexity index is 1110. The number of amides is 2. The first-order valence-corrected chi connectivity index (χ1v) is 11.2. The van der Waals surface area contributed by atoms with Crippen molar-refractivity contribution < 1.29 is 14.3 Å². The molecule has 0 bridgehead atoms. The molecule has 32 heavy (non-hydrogen) atoms. The Hall–Kier alpha value is -3.39. The lowest BCUT2D eigenvalue weighted by atomic mass is 10.2. The molecule has 0 saturated carbocycles. The fourth-order valence-electron chi connectivity index (χ4n) is 3.46. The van der Waals surface area contributed by atoms with Crippen LogP contribution >= 0.6 is 11.8 Å². The average molecular weight is 449 g/mol. The van der Waals surface area contributed by atoms with Crippen molar-refractivity contribution in [3.63, 3.8) is 0 Å². The fraction of sp³-hybridized carbons (Fsp3) is 0.250. The van der Waals surface area contributed by atoms with Crippen LogP contribution in [0.15, 0.2) is 64.6 Å². The molecule has 1 N–H and O–H groups in total. The molecule has 2 heterocycles. The molecule has 0 radical (unpaired) electrons. The van der Waals surface area contributed by atoms with Gasteiger partial charge in [-0.1, -0.05) is 12.1 Å². The van der Waals surface area contributed by atoms with E-state index in [2.05, 4.69) is 15.3 Å². The Kier molecular flexibility index (Phi) is 6.70. The number of carbonyl (C=O) groups is 2. The van der Waals surface area contributed by atoms with Crippen LogP contribution in [0.1, 0.15) is 24.2 Å². The largest absolute Gasteiger partial charge is 0.490 e. The van der Waals surface area contributed by atoms with Crippen LogP contribution in [0.5, 0.6) is 5.75 Å². The number of ether oxygens (including phenoxy) is 1. The highest BCUT2D eigenvalue weighted by atomic mass is 32.2. The monoisotopic (exact) mass is 448 g/mol. The van der Waals surface area contributed by atoms with Gasteiger partial charge in [0.2, 0.25) is 11.8 Å². The molecule has 0 unspecified atom stereocenters. The van der Waals surface area contributed by atoms with Gasteiger partial charge < -0.3 is 15.0 Å². The summed E-state index contributed by atoms with van der Waals surface area (Å²) < 4.78 is 5.58. The lowest BCUT2D eigenvalue weighted by Gasteiger charge is -2.29. The Balaban J connectivity index is 1.29. The number of nitrogens with zero attached hydrogens (tertiary/aromatic N) is 3. The molecule has 0 fully saturated rings. The summed E-state index contributed by atoms with van der Waals surface area (Å²) in [5, 5.41) is 3.55. The number of fused-ring (bicyclic) bond motifs is 1. The highest BCUT2D eigenvalue weighted by Crippen LogP contribution is 2.31. The normalized spacial score (nSPS) is 12.6. The Morgan fingerprint density at radius 1 is 1.03 bits per heavy atom. The standard InChI is InChI=1S/C24H24N4O3S/c1-16-15-17(2)26-24(25-16)32-19-9-7-18(8-10-19)27-22(29)11-12-23(30)28-13-14-31-21-6-4-3-5-20(21)28/h3-10,15H,11-14H2,1-2H3,(H,27,29). The second kappa shape index (κ2) is 9.82. The molecule has 0 aliphatic carbocycles. The molecule has 0 spiro atoms. The minimum atomic E-state index is -0.196. The lowest BCUT2D eigenvalue weighted by Crippen LogP contribution is -2.38.